The van der Waals surface area contributed by atoms with Crippen molar-refractivity contribution in [1.29, 1.82) is 0 Å². The third-order valence-corrected chi connectivity index (χ3v) is 3.77. The SMILES string of the molecule is O=C(COc1ccc(-c2nnco2)cc1)Nc1ccc(Cl)c(Cl)c1. The normalized spacial score (nSPS) is 10.4. The number of nitrogens with one attached hydrogen (secondary N) is 1. The molecular weight excluding hydrogens is 353 g/mol. The topological polar surface area (TPSA) is 77.2 Å². The Hall–Kier alpha value is -2.57. The number of amides is 1. The number of rotatable bonds is 5. The highest BCUT2D eigenvalue weighted by molar-refractivity contribution is 6.42. The molecule has 0 saturated carbocycles. The first-order valence-electron chi connectivity index (χ1n) is 6.86. The molecule has 24 heavy (non-hydrogen) atoms. The van der Waals surface area contributed by atoms with E-state index < -0.39 is 0 Å². The molecule has 6 nitrogen and oxygen atoms in total. The minimum Gasteiger partial charge on any atom is -0.484 e. The van der Waals surface area contributed by atoms with Gasteiger partial charge in [-0.25, -0.2) is 0 Å². The van der Waals surface area contributed by atoms with Crippen molar-refractivity contribution in [3.05, 3.63) is 58.9 Å². The quantitative estimate of drug-likeness (QED) is 0.739. The van der Waals surface area contributed by atoms with E-state index in [0.717, 1.165) is 5.56 Å². The summed E-state index contributed by atoms with van der Waals surface area (Å²) in [5.41, 5.74) is 1.31. The summed E-state index contributed by atoms with van der Waals surface area (Å²) in [4.78, 5) is 11.9. The Balaban J connectivity index is 1.55. The molecule has 0 bridgehead atoms. The van der Waals surface area contributed by atoms with Crippen LogP contribution in [0.1, 0.15) is 0 Å². The predicted molar refractivity (Wildman–Crippen MR) is 90.3 cm³/mol. The zero-order valence-corrected chi connectivity index (χ0v) is 13.7. The summed E-state index contributed by atoms with van der Waals surface area (Å²) < 4.78 is 10.5. The first-order chi connectivity index (χ1) is 11.6. The van der Waals surface area contributed by atoms with Gasteiger partial charge in [0.1, 0.15) is 5.75 Å². The van der Waals surface area contributed by atoms with E-state index in [1.807, 2.05) is 0 Å². The summed E-state index contributed by atoms with van der Waals surface area (Å²) in [6.45, 7) is -0.139. The van der Waals surface area contributed by atoms with E-state index >= 15 is 0 Å². The molecular formula is C16H11Cl2N3O3. The number of benzene rings is 2. The van der Waals surface area contributed by atoms with Gasteiger partial charge in [0.15, 0.2) is 6.61 Å². The van der Waals surface area contributed by atoms with Crippen LogP contribution in [-0.4, -0.2) is 22.7 Å². The average Bonchev–Trinajstić information content (AvgIpc) is 3.11. The third-order valence-electron chi connectivity index (χ3n) is 3.03. The van der Waals surface area contributed by atoms with Gasteiger partial charge in [0.05, 0.1) is 10.0 Å². The summed E-state index contributed by atoms with van der Waals surface area (Å²) in [5, 5.41) is 10.9. The molecule has 0 atom stereocenters. The van der Waals surface area contributed by atoms with Gasteiger partial charge in [-0.3, -0.25) is 4.79 Å². The molecule has 0 aliphatic heterocycles. The molecule has 3 rings (SSSR count). The second kappa shape index (κ2) is 7.33. The maximum Gasteiger partial charge on any atom is 0.262 e. The molecule has 2 aromatic carbocycles. The molecule has 0 radical (unpaired) electrons. The van der Waals surface area contributed by atoms with Crippen LogP contribution in [0.3, 0.4) is 0 Å². The molecule has 3 aromatic rings. The summed E-state index contributed by atoms with van der Waals surface area (Å²) >= 11 is 11.7. The molecule has 0 unspecified atom stereocenters. The molecule has 1 aromatic heterocycles. The van der Waals surface area contributed by atoms with Crippen molar-refractivity contribution in [2.45, 2.75) is 0 Å². The fourth-order valence-electron chi connectivity index (χ4n) is 1.91. The smallest absolute Gasteiger partial charge is 0.262 e. The van der Waals surface area contributed by atoms with Gasteiger partial charge in [-0.1, -0.05) is 23.2 Å². The molecule has 1 heterocycles. The van der Waals surface area contributed by atoms with E-state index in [1.54, 1.807) is 42.5 Å². The molecule has 8 heteroatoms. The Morgan fingerprint density at radius 2 is 1.92 bits per heavy atom. The lowest BCUT2D eigenvalue weighted by molar-refractivity contribution is -0.118. The fourth-order valence-corrected chi connectivity index (χ4v) is 2.21. The highest BCUT2D eigenvalue weighted by atomic mass is 35.5. The summed E-state index contributed by atoms with van der Waals surface area (Å²) in [7, 11) is 0. The zero-order valence-electron chi connectivity index (χ0n) is 12.2. The van der Waals surface area contributed by atoms with Crippen LogP contribution >= 0.6 is 23.2 Å². The van der Waals surface area contributed by atoms with Gasteiger partial charge in [0, 0.05) is 11.3 Å². The second-order valence-electron chi connectivity index (χ2n) is 4.73. The molecule has 122 valence electrons. The monoisotopic (exact) mass is 363 g/mol. The van der Waals surface area contributed by atoms with Gasteiger partial charge in [-0.2, -0.15) is 0 Å². The van der Waals surface area contributed by atoms with Crippen molar-refractivity contribution in [2.75, 3.05) is 11.9 Å². The Labute approximate surface area is 147 Å². The van der Waals surface area contributed by atoms with Crippen molar-refractivity contribution < 1.29 is 13.9 Å². The Bertz CT molecular complexity index is 836. The zero-order chi connectivity index (χ0) is 16.9. The van der Waals surface area contributed by atoms with Crippen molar-refractivity contribution in [3.63, 3.8) is 0 Å². The Kier molecular flexibility index (Phi) is 4.98. The van der Waals surface area contributed by atoms with E-state index in [1.165, 1.54) is 6.39 Å². The van der Waals surface area contributed by atoms with Crippen LogP contribution in [0.15, 0.2) is 53.3 Å². The largest absolute Gasteiger partial charge is 0.484 e. The van der Waals surface area contributed by atoms with Gasteiger partial charge >= 0.3 is 0 Å². The van der Waals surface area contributed by atoms with Crippen LogP contribution in [-0.2, 0) is 4.79 Å². The van der Waals surface area contributed by atoms with Crippen LogP contribution in [0.4, 0.5) is 5.69 Å². The lowest BCUT2D eigenvalue weighted by atomic mass is 10.2. The molecule has 1 N–H and O–H groups in total. The first kappa shape index (κ1) is 16.3. The maximum absolute atomic E-state index is 11.9. The number of anilines is 1. The molecule has 0 spiro atoms. The summed E-state index contributed by atoms with van der Waals surface area (Å²) in [5.74, 6) is 0.649. The number of carbonyl (C=O) groups excluding carboxylic acids is 1. The van der Waals surface area contributed by atoms with Crippen LogP contribution in [0.2, 0.25) is 10.0 Å². The molecule has 0 aliphatic carbocycles. The number of nitrogens with zero attached hydrogens (tertiary/aromatic N) is 2. The predicted octanol–water partition coefficient (Wildman–Crippen LogP) is 4.06. The lowest BCUT2D eigenvalue weighted by Crippen LogP contribution is -2.20. The van der Waals surface area contributed by atoms with Crippen molar-refractivity contribution >= 4 is 34.8 Å². The fraction of sp³-hybridized carbons (Fsp3) is 0.0625. The minimum absolute atomic E-state index is 0.139. The number of hydrogen-bond acceptors (Lipinski definition) is 5. The van der Waals surface area contributed by atoms with Gasteiger partial charge in [-0.15, -0.1) is 10.2 Å². The van der Waals surface area contributed by atoms with Gasteiger partial charge in [-0.05, 0) is 42.5 Å². The van der Waals surface area contributed by atoms with E-state index in [4.69, 9.17) is 32.4 Å². The number of aromatic nitrogens is 2. The highest BCUT2D eigenvalue weighted by Gasteiger charge is 2.07. The van der Waals surface area contributed by atoms with Gasteiger partial charge < -0.3 is 14.5 Å². The van der Waals surface area contributed by atoms with Crippen LogP contribution in [0, 0.1) is 0 Å². The third kappa shape index (κ3) is 4.04. The van der Waals surface area contributed by atoms with E-state index in [2.05, 4.69) is 15.5 Å². The second-order valence-corrected chi connectivity index (χ2v) is 5.55. The molecule has 0 aliphatic rings. The van der Waals surface area contributed by atoms with Gasteiger partial charge in [0.2, 0.25) is 12.3 Å². The number of carbonyl (C=O) groups is 1. The standard InChI is InChI=1S/C16H11Cl2N3O3/c17-13-6-3-11(7-14(13)18)20-15(22)8-23-12-4-1-10(2-5-12)16-21-19-9-24-16/h1-7,9H,8H2,(H,20,22). The Morgan fingerprint density at radius 1 is 1.12 bits per heavy atom. The first-order valence-corrected chi connectivity index (χ1v) is 7.62. The molecule has 0 fully saturated rings. The highest BCUT2D eigenvalue weighted by Crippen LogP contribution is 2.25. The average molecular weight is 364 g/mol. The van der Waals surface area contributed by atoms with E-state index in [9.17, 15) is 4.79 Å². The minimum atomic E-state index is -0.311. The van der Waals surface area contributed by atoms with Crippen molar-refractivity contribution in [1.82, 2.24) is 10.2 Å². The van der Waals surface area contributed by atoms with Crippen molar-refractivity contribution in [3.8, 4) is 17.2 Å². The molecule has 0 saturated heterocycles. The van der Waals surface area contributed by atoms with Crippen LogP contribution < -0.4 is 10.1 Å². The number of hydrogen-bond donors (Lipinski definition) is 1. The van der Waals surface area contributed by atoms with Crippen molar-refractivity contribution in [2.24, 2.45) is 0 Å². The number of ether oxygens (including phenoxy) is 1. The van der Waals surface area contributed by atoms with E-state index in [0.29, 0.717) is 27.4 Å². The van der Waals surface area contributed by atoms with Crippen LogP contribution in [0.25, 0.3) is 11.5 Å². The van der Waals surface area contributed by atoms with E-state index in [-0.39, 0.29) is 12.5 Å². The maximum atomic E-state index is 11.9. The number of halogens is 2. The lowest BCUT2D eigenvalue weighted by Gasteiger charge is -2.08. The summed E-state index contributed by atoms with van der Waals surface area (Å²) in [6.07, 6.45) is 1.26. The van der Waals surface area contributed by atoms with Gasteiger partial charge in [0.25, 0.3) is 5.91 Å². The summed E-state index contributed by atoms with van der Waals surface area (Å²) in [6, 6.07) is 11.8. The van der Waals surface area contributed by atoms with Crippen LogP contribution in [0.5, 0.6) is 5.75 Å². The Morgan fingerprint density at radius 3 is 2.58 bits per heavy atom. The molecule has 1 amide bonds.